The van der Waals surface area contributed by atoms with Crippen molar-refractivity contribution in [2.24, 2.45) is 5.92 Å². The Labute approximate surface area is 171 Å². The van der Waals surface area contributed by atoms with Gasteiger partial charge in [-0.3, -0.25) is 4.90 Å². The third-order valence-electron chi connectivity index (χ3n) is 6.66. The molecule has 5 rings (SSSR count). The van der Waals surface area contributed by atoms with E-state index in [0.29, 0.717) is 19.1 Å². The molecule has 2 bridgehead atoms. The Kier molecular flexibility index (Phi) is 5.70. The quantitative estimate of drug-likeness (QED) is 0.778. The normalized spacial score (nSPS) is 33.2. The van der Waals surface area contributed by atoms with Crippen LogP contribution in [0.3, 0.4) is 0 Å². The summed E-state index contributed by atoms with van der Waals surface area (Å²) < 4.78 is 17.5. The summed E-state index contributed by atoms with van der Waals surface area (Å²) >= 11 is 0. The van der Waals surface area contributed by atoms with E-state index in [1.54, 1.807) is 6.26 Å². The van der Waals surface area contributed by atoms with E-state index in [1.807, 2.05) is 12.1 Å². The number of likely N-dealkylation sites (tertiary alicyclic amines) is 1. The van der Waals surface area contributed by atoms with E-state index >= 15 is 0 Å². The predicted molar refractivity (Wildman–Crippen MR) is 108 cm³/mol. The van der Waals surface area contributed by atoms with Gasteiger partial charge in [0.25, 0.3) is 0 Å². The minimum absolute atomic E-state index is 0.114. The monoisotopic (exact) mass is 398 g/mol. The molecule has 1 aromatic carbocycles. The number of nitrogens with zero attached hydrogens (tertiary/aromatic N) is 1. The SMILES string of the molecule is O[C@H]1[C@H](NCc2ccco2)[C@H]2CO[C@H](O2)[C@@H]1N1CCC(Cc2ccccc2)CC1. The Morgan fingerprint density at radius 1 is 1.07 bits per heavy atom. The van der Waals surface area contributed by atoms with Gasteiger partial charge in [0.15, 0.2) is 6.29 Å². The van der Waals surface area contributed by atoms with Crippen molar-refractivity contribution >= 4 is 0 Å². The van der Waals surface area contributed by atoms with Gasteiger partial charge in [-0.15, -0.1) is 0 Å². The second kappa shape index (κ2) is 8.58. The summed E-state index contributed by atoms with van der Waals surface area (Å²) in [7, 11) is 0. The summed E-state index contributed by atoms with van der Waals surface area (Å²) in [6.45, 7) is 3.04. The molecule has 3 aliphatic rings. The van der Waals surface area contributed by atoms with Crippen molar-refractivity contribution in [2.45, 2.75) is 56.4 Å². The van der Waals surface area contributed by atoms with Crippen LogP contribution in [-0.4, -0.2) is 60.3 Å². The van der Waals surface area contributed by atoms with Gasteiger partial charge in [0.1, 0.15) is 11.9 Å². The topological polar surface area (TPSA) is 67.1 Å². The van der Waals surface area contributed by atoms with Gasteiger partial charge in [0.05, 0.1) is 37.6 Å². The van der Waals surface area contributed by atoms with Crippen molar-refractivity contribution in [3.63, 3.8) is 0 Å². The lowest BCUT2D eigenvalue weighted by molar-refractivity contribution is -0.186. The molecule has 5 atom stereocenters. The molecule has 0 amide bonds. The number of hydrogen-bond acceptors (Lipinski definition) is 6. The lowest BCUT2D eigenvalue weighted by Gasteiger charge is -2.46. The standard InChI is InChI=1S/C23H30N2O4/c26-22-20(24-14-18-7-4-12-27-18)19-15-28-23(29-19)21(22)25-10-8-17(9-11-25)13-16-5-2-1-3-6-16/h1-7,12,17,19-24,26H,8-11,13-15H2/t19-,20-,21-,22+,23-/m1/s1. The van der Waals surface area contributed by atoms with E-state index in [0.717, 1.165) is 38.1 Å². The molecule has 6 heteroatoms. The number of ether oxygens (including phenoxy) is 2. The van der Waals surface area contributed by atoms with E-state index in [4.69, 9.17) is 13.9 Å². The average molecular weight is 399 g/mol. The Morgan fingerprint density at radius 2 is 1.90 bits per heavy atom. The van der Waals surface area contributed by atoms with Crippen LogP contribution in [0.4, 0.5) is 0 Å². The highest BCUT2D eigenvalue weighted by molar-refractivity contribution is 5.15. The molecule has 3 saturated heterocycles. The van der Waals surface area contributed by atoms with Crippen LogP contribution in [0.1, 0.15) is 24.2 Å². The zero-order valence-electron chi connectivity index (χ0n) is 16.7. The molecule has 0 unspecified atom stereocenters. The Morgan fingerprint density at radius 3 is 2.66 bits per heavy atom. The van der Waals surface area contributed by atoms with Crippen molar-refractivity contribution in [3.8, 4) is 0 Å². The first-order valence-corrected chi connectivity index (χ1v) is 10.8. The fraction of sp³-hybridized carbons (Fsp3) is 0.565. The van der Waals surface area contributed by atoms with E-state index < -0.39 is 6.10 Å². The zero-order chi connectivity index (χ0) is 19.6. The minimum atomic E-state index is -0.526. The van der Waals surface area contributed by atoms with Crippen molar-refractivity contribution in [1.29, 1.82) is 0 Å². The van der Waals surface area contributed by atoms with Gasteiger partial charge in [-0.2, -0.15) is 0 Å². The molecule has 2 N–H and O–H groups in total. The Bertz CT molecular complexity index is 760. The highest BCUT2D eigenvalue weighted by Crippen LogP contribution is 2.34. The first-order valence-electron chi connectivity index (χ1n) is 10.8. The van der Waals surface area contributed by atoms with Crippen molar-refractivity contribution in [1.82, 2.24) is 10.2 Å². The van der Waals surface area contributed by atoms with E-state index in [1.165, 1.54) is 5.56 Å². The van der Waals surface area contributed by atoms with E-state index in [-0.39, 0.29) is 24.5 Å². The highest BCUT2D eigenvalue weighted by Gasteiger charge is 2.52. The van der Waals surface area contributed by atoms with Crippen molar-refractivity contribution in [2.75, 3.05) is 19.7 Å². The number of hydrogen-bond donors (Lipinski definition) is 2. The third kappa shape index (κ3) is 4.13. The molecule has 29 heavy (non-hydrogen) atoms. The molecule has 6 nitrogen and oxygen atoms in total. The van der Waals surface area contributed by atoms with Crippen LogP contribution in [-0.2, 0) is 22.4 Å². The number of aliphatic hydroxyl groups excluding tert-OH is 1. The summed E-state index contributed by atoms with van der Waals surface area (Å²) in [5.74, 6) is 1.55. The molecule has 0 saturated carbocycles. The van der Waals surface area contributed by atoms with Crippen LogP contribution < -0.4 is 5.32 Å². The maximum atomic E-state index is 11.2. The number of fused-ring (bicyclic) bond motifs is 2. The fourth-order valence-electron chi connectivity index (χ4n) is 5.08. The van der Waals surface area contributed by atoms with Gasteiger partial charge in [0.2, 0.25) is 0 Å². The lowest BCUT2D eigenvalue weighted by Crippen LogP contribution is -2.65. The molecule has 2 aromatic rings. The summed E-state index contributed by atoms with van der Waals surface area (Å²) in [6.07, 6.45) is 4.11. The molecule has 0 spiro atoms. The summed E-state index contributed by atoms with van der Waals surface area (Å²) in [5.41, 5.74) is 1.41. The van der Waals surface area contributed by atoms with Crippen LogP contribution >= 0.6 is 0 Å². The Balaban J connectivity index is 1.20. The maximum Gasteiger partial charge on any atom is 0.176 e. The van der Waals surface area contributed by atoms with Crippen molar-refractivity contribution in [3.05, 3.63) is 60.1 Å². The number of nitrogens with one attached hydrogen (secondary N) is 1. The zero-order valence-corrected chi connectivity index (χ0v) is 16.7. The summed E-state index contributed by atoms with van der Waals surface area (Å²) in [4.78, 5) is 2.37. The van der Waals surface area contributed by atoms with Gasteiger partial charge in [-0.1, -0.05) is 30.3 Å². The summed E-state index contributed by atoms with van der Waals surface area (Å²) in [6, 6.07) is 14.3. The molecule has 3 fully saturated rings. The van der Waals surface area contributed by atoms with Gasteiger partial charge >= 0.3 is 0 Å². The van der Waals surface area contributed by atoms with Gasteiger partial charge in [0, 0.05) is 0 Å². The third-order valence-corrected chi connectivity index (χ3v) is 6.66. The largest absolute Gasteiger partial charge is 0.468 e. The fourth-order valence-corrected chi connectivity index (χ4v) is 5.08. The molecule has 3 aliphatic heterocycles. The van der Waals surface area contributed by atoms with Crippen LogP contribution in [0.2, 0.25) is 0 Å². The number of aliphatic hydroxyl groups is 1. The maximum absolute atomic E-state index is 11.2. The summed E-state index contributed by atoms with van der Waals surface area (Å²) in [5, 5.41) is 14.6. The second-order valence-corrected chi connectivity index (χ2v) is 8.51. The first-order chi connectivity index (χ1) is 14.3. The molecule has 0 aliphatic carbocycles. The minimum Gasteiger partial charge on any atom is -0.468 e. The van der Waals surface area contributed by atoms with Crippen molar-refractivity contribution < 1.29 is 19.0 Å². The van der Waals surface area contributed by atoms with Gasteiger partial charge in [-0.05, 0) is 56.0 Å². The van der Waals surface area contributed by atoms with Crippen LogP contribution in [0, 0.1) is 5.92 Å². The van der Waals surface area contributed by atoms with Gasteiger partial charge < -0.3 is 24.3 Å². The number of benzene rings is 1. The van der Waals surface area contributed by atoms with E-state index in [2.05, 4.69) is 40.5 Å². The average Bonchev–Trinajstić information content (AvgIpc) is 3.41. The van der Waals surface area contributed by atoms with Crippen LogP contribution in [0.15, 0.2) is 53.1 Å². The number of rotatable bonds is 6. The van der Waals surface area contributed by atoms with Gasteiger partial charge in [-0.25, -0.2) is 0 Å². The molecular weight excluding hydrogens is 368 g/mol. The number of piperidine rings is 1. The lowest BCUT2D eigenvalue weighted by atomic mass is 9.87. The number of furan rings is 1. The highest BCUT2D eigenvalue weighted by atomic mass is 16.7. The van der Waals surface area contributed by atoms with Crippen LogP contribution in [0.5, 0.6) is 0 Å². The smallest absolute Gasteiger partial charge is 0.176 e. The molecule has 1 aromatic heterocycles. The molecule has 4 heterocycles. The first kappa shape index (κ1) is 19.3. The molecule has 156 valence electrons. The molecular formula is C23H30N2O4. The second-order valence-electron chi connectivity index (χ2n) is 8.51. The molecule has 0 radical (unpaired) electrons. The predicted octanol–water partition coefficient (Wildman–Crippen LogP) is 2.18. The van der Waals surface area contributed by atoms with Crippen LogP contribution in [0.25, 0.3) is 0 Å². The Hall–Kier alpha value is -1.70. The van der Waals surface area contributed by atoms with E-state index in [9.17, 15) is 5.11 Å².